The second-order valence-electron chi connectivity index (χ2n) is 22.5. The molecule has 0 atom stereocenters. The summed E-state index contributed by atoms with van der Waals surface area (Å²) in [6.45, 7) is 22.9. The molecule has 0 N–H and O–H groups in total. The molecule has 0 saturated carbocycles. The van der Waals surface area contributed by atoms with Crippen LogP contribution >= 0.6 is 0 Å². The van der Waals surface area contributed by atoms with Gasteiger partial charge in [0, 0.05) is 34.1 Å². The van der Waals surface area contributed by atoms with Crippen molar-refractivity contribution in [1.82, 2.24) is 0 Å². The number of rotatable bonds is 6. The summed E-state index contributed by atoms with van der Waals surface area (Å²) in [7, 11) is 0. The van der Waals surface area contributed by atoms with Gasteiger partial charge in [0.2, 0.25) is 0 Å². The van der Waals surface area contributed by atoms with Crippen molar-refractivity contribution < 1.29 is 0 Å². The van der Waals surface area contributed by atoms with Crippen LogP contribution in [0.1, 0.15) is 97.2 Å². The van der Waals surface area contributed by atoms with Gasteiger partial charge in [-0.25, -0.2) is 0 Å². The first-order chi connectivity index (χ1) is 34.1. The standard InChI is InChI=1S/C69H62N2/c1-43-21-23-45(3)63(37-43)70(51-17-13-11-14-18-51)53-29-33-55-47(39-53)25-31-57-58-32-26-48-40-54(71(52-19-15-12-16-20-52)64-38-44(2)22-24-46(64)4)30-34-56(48)66(58)69(65(55)57)61-35-27-49(67(5,6)7)41-59(61)60-42-50(68(8,9)10)28-36-62(60)69/h11-42H,1-10H3. The average molecular weight is 919 g/mol. The number of benzene rings is 10. The molecule has 0 bridgehead atoms. The van der Waals surface area contributed by atoms with E-state index in [-0.39, 0.29) is 10.8 Å². The molecule has 0 fully saturated rings. The van der Waals surface area contributed by atoms with Gasteiger partial charge in [0.15, 0.2) is 0 Å². The van der Waals surface area contributed by atoms with Gasteiger partial charge in [0.05, 0.1) is 5.41 Å². The van der Waals surface area contributed by atoms with Crippen LogP contribution in [0.25, 0.3) is 43.8 Å². The van der Waals surface area contributed by atoms with Gasteiger partial charge in [0.1, 0.15) is 0 Å². The van der Waals surface area contributed by atoms with Crippen LogP contribution in [0, 0.1) is 27.7 Å². The first kappa shape index (κ1) is 44.5. The van der Waals surface area contributed by atoms with Crippen molar-refractivity contribution in [3.8, 4) is 22.3 Å². The Bertz CT molecular complexity index is 3520. The second kappa shape index (κ2) is 16.2. The lowest BCUT2D eigenvalue weighted by molar-refractivity contribution is 0.589. The Morgan fingerprint density at radius 2 is 0.746 bits per heavy atom. The van der Waals surface area contributed by atoms with Crippen LogP contribution in [-0.2, 0) is 16.2 Å². The SMILES string of the molecule is Cc1ccc(C)c(N(c2ccccc2)c2ccc3c4c(ccc3c2)-c2ccc3cc(N(c5ccccc5)c5cc(C)ccc5C)ccc3c2C42c3ccc(C(C)(C)C)cc3-c3cc(C(C)(C)C)ccc32)c1. The van der Waals surface area contributed by atoms with Crippen molar-refractivity contribution >= 4 is 55.7 Å². The Labute approximate surface area is 420 Å². The molecule has 10 aromatic carbocycles. The van der Waals surface area contributed by atoms with E-state index in [9.17, 15) is 0 Å². The van der Waals surface area contributed by atoms with Crippen molar-refractivity contribution in [2.24, 2.45) is 0 Å². The minimum Gasteiger partial charge on any atom is -0.310 e. The zero-order valence-corrected chi connectivity index (χ0v) is 42.9. The molecule has 0 radical (unpaired) electrons. The molecular weight excluding hydrogens is 857 g/mol. The number of hydrogen-bond donors (Lipinski definition) is 0. The molecule has 0 aromatic heterocycles. The molecule has 0 aliphatic heterocycles. The molecule has 12 rings (SSSR count). The minimum absolute atomic E-state index is 0.0230. The van der Waals surface area contributed by atoms with Gasteiger partial charge in [-0.05, 0) is 199 Å². The topological polar surface area (TPSA) is 6.48 Å². The number of nitrogens with zero attached hydrogens (tertiary/aromatic N) is 2. The average Bonchev–Trinajstić information content (AvgIpc) is 3.83. The van der Waals surface area contributed by atoms with E-state index in [0.717, 1.165) is 22.7 Å². The molecule has 2 aliphatic carbocycles. The van der Waals surface area contributed by atoms with Gasteiger partial charge in [-0.3, -0.25) is 0 Å². The monoisotopic (exact) mass is 918 g/mol. The summed E-state index contributed by atoms with van der Waals surface area (Å²) in [6.07, 6.45) is 0. The highest BCUT2D eigenvalue weighted by Crippen LogP contribution is 2.66. The van der Waals surface area contributed by atoms with E-state index in [0.29, 0.717) is 0 Å². The molecule has 2 heteroatoms. The van der Waals surface area contributed by atoms with Crippen molar-refractivity contribution in [3.63, 3.8) is 0 Å². The van der Waals surface area contributed by atoms with Gasteiger partial charge in [0.25, 0.3) is 0 Å². The Kier molecular flexibility index (Phi) is 10.2. The van der Waals surface area contributed by atoms with Crippen LogP contribution in [0.15, 0.2) is 194 Å². The maximum absolute atomic E-state index is 2.53. The fourth-order valence-electron chi connectivity index (χ4n) is 12.0. The molecule has 2 nitrogen and oxygen atoms in total. The second-order valence-corrected chi connectivity index (χ2v) is 22.5. The highest BCUT2D eigenvalue weighted by molar-refractivity contribution is 6.10. The van der Waals surface area contributed by atoms with Gasteiger partial charge < -0.3 is 9.80 Å². The van der Waals surface area contributed by atoms with E-state index in [1.807, 2.05) is 0 Å². The van der Waals surface area contributed by atoms with Crippen molar-refractivity contribution in [2.45, 2.75) is 85.5 Å². The first-order valence-electron chi connectivity index (χ1n) is 25.4. The molecule has 348 valence electrons. The molecule has 10 aromatic rings. The van der Waals surface area contributed by atoms with E-state index in [1.165, 1.54) is 111 Å². The first-order valence-corrected chi connectivity index (χ1v) is 25.4. The van der Waals surface area contributed by atoms with E-state index >= 15 is 0 Å². The van der Waals surface area contributed by atoms with Gasteiger partial charge in [-0.2, -0.15) is 0 Å². The van der Waals surface area contributed by atoms with Crippen LogP contribution in [0.4, 0.5) is 34.1 Å². The summed E-state index contributed by atoms with van der Waals surface area (Å²) in [5.41, 5.74) is 24.7. The highest BCUT2D eigenvalue weighted by Gasteiger charge is 2.54. The maximum atomic E-state index is 2.53. The van der Waals surface area contributed by atoms with E-state index < -0.39 is 5.41 Å². The normalized spacial score (nSPS) is 13.3. The summed E-state index contributed by atoms with van der Waals surface area (Å²) in [4.78, 5) is 4.87. The molecule has 0 unspecified atom stereocenters. The molecule has 0 saturated heterocycles. The van der Waals surface area contributed by atoms with Crippen molar-refractivity contribution in [2.75, 3.05) is 9.80 Å². The van der Waals surface area contributed by atoms with Crippen molar-refractivity contribution in [3.05, 3.63) is 250 Å². The number of anilines is 6. The van der Waals surface area contributed by atoms with E-state index in [1.54, 1.807) is 0 Å². The molecule has 1 spiro atoms. The maximum Gasteiger partial charge on any atom is 0.0737 e. The zero-order valence-electron chi connectivity index (χ0n) is 42.9. The van der Waals surface area contributed by atoms with Crippen molar-refractivity contribution in [1.29, 1.82) is 0 Å². The third-order valence-corrected chi connectivity index (χ3v) is 15.7. The number of aryl methyl sites for hydroxylation is 4. The largest absolute Gasteiger partial charge is 0.310 e. The zero-order chi connectivity index (χ0) is 49.1. The third-order valence-electron chi connectivity index (χ3n) is 15.7. The lowest BCUT2D eigenvalue weighted by atomic mass is 9.68. The van der Waals surface area contributed by atoms with E-state index in [2.05, 4.69) is 273 Å². The van der Waals surface area contributed by atoms with Crippen LogP contribution in [0.2, 0.25) is 0 Å². The number of hydrogen-bond acceptors (Lipinski definition) is 2. The Morgan fingerprint density at radius 1 is 0.338 bits per heavy atom. The lowest BCUT2D eigenvalue weighted by Crippen LogP contribution is -2.27. The molecule has 0 heterocycles. The van der Waals surface area contributed by atoms with Crippen LogP contribution in [-0.4, -0.2) is 0 Å². The fraction of sp³-hybridized carbons (Fsp3) is 0.188. The Hall–Kier alpha value is -7.68. The molecule has 71 heavy (non-hydrogen) atoms. The summed E-state index contributed by atoms with van der Waals surface area (Å²) in [6, 6.07) is 74.2. The van der Waals surface area contributed by atoms with Crippen LogP contribution < -0.4 is 9.80 Å². The van der Waals surface area contributed by atoms with Gasteiger partial charge in [-0.15, -0.1) is 0 Å². The van der Waals surface area contributed by atoms with Gasteiger partial charge >= 0.3 is 0 Å². The quantitative estimate of drug-likeness (QED) is 0.164. The minimum atomic E-state index is -0.595. The summed E-state index contributed by atoms with van der Waals surface area (Å²) in [5.74, 6) is 0. The number of para-hydroxylation sites is 2. The summed E-state index contributed by atoms with van der Waals surface area (Å²) in [5, 5.41) is 5.02. The molecular formula is C69H62N2. The summed E-state index contributed by atoms with van der Waals surface area (Å²) >= 11 is 0. The predicted molar refractivity (Wildman–Crippen MR) is 303 cm³/mol. The fourth-order valence-corrected chi connectivity index (χ4v) is 12.0. The van der Waals surface area contributed by atoms with Crippen LogP contribution in [0.5, 0.6) is 0 Å². The number of fused-ring (bicyclic) bond motifs is 14. The smallest absolute Gasteiger partial charge is 0.0737 e. The van der Waals surface area contributed by atoms with Gasteiger partial charge in [-0.1, -0.05) is 175 Å². The highest BCUT2D eigenvalue weighted by atomic mass is 15.1. The van der Waals surface area contributed by atoms with E-state index in [4.69, 9.17) is 0 Å². The summed E-state index contributed by atoms with van der Waals surface area (Å²) < 4.78 is 0. The Morgan fingerprint density at radius 3 is 1.14 bits per heavy atom. The Balaban J connectivity index is 1.16. The third kappa shape index (κ3) is 6.97. The molecule has 0 amide bonds. The molecule has 2 aliphatic rings. The van der Waals surface area contributed by atoms with Crippen LogP contribution in [0.3, 0.4) is 0 Å². The predicted octanol–water partition coefficient (Wildman–Crippen LogP) is 19.1. The lowest BCUT2D eigenvalue weighted by Gasteiger charge is -2.34.